The van der Waals surface area contributed by atoms with Gasteiger partial charge in [0, 0.05) is 24.8 Å². The third kappa shape index (κ3) is 3.09. The summed E-state index contributed by atoms with van der Waals surface area (Å²) in [5.41, 5.74) is 1.48. The fourth-order valence-corrected chi connectivity index (χ4v) is 3.01. The Balaban J connectivity index is 1.58. The number of fused-ring (bicyclic) bond motifs is 1. The number of alkyl halides is 3. The molecule has 25 heavy (non-hydrogen) atoms. The molecule has 1 atom stereocenters. The number of halogens is 3. The Kier molecular flexibility index (Phi) is 3.70. The average Bonchev–Trinajstić information content (AvgIpc) is 3.24. The zero-order valence-corrected chi connectivity index (χ0v) is 13.1. The SMILES string of the molecule is FC(F)(F)c1nc(NC2CCN(c3ccccc3)C2)c2[nH]cnc2n1. The minimum Gasteiger partial charge on any atom is -0.369 e. The predicted molar refractivity (Wildman–Crippen MR) is 87.4 cm³/mol. The lowest BCUT2D eigenvalue weighted by Gasteiger charge is -2.19. The van der Waals surface area contributed by atoms with E-state index in [1.807, 2.05) is 30.3 Å². The summed E-state index contributed by atoms with van der Waals surface area (Å²) in [6, 6.07) is 9.89. The van der Waals surface area contributed by atoms with E-state index in [4.69, 9.17) is 0 Å². The van der Waals surface area contributed by atoms with Gasteiger partial charge in [-0.15, -0.1) is 0 Å². The van der Waals surface area contributed by atoms with E-state index in [1.54, 1.807) is 0 Å². The first-order valence-electron chi connectivity index (χ1n) is 7.85. The molecule has 3 heterocycles. The number of hydrogen-bond donors (Lipinski definition) is 2. The van der Waals surface area contributed by atoms with Crippen molar-refractivity contribution in [2.24, 2.45) is 0 Å². The second-order valence-electron chi connectivity index (χ2n) is 5.91. The molecule has 1 saturated heterocycles. The van der Waals surface area contributed by atoms with Gasteiger partial charge in [0.2, 0.25) is 5.82 Å². The van der Waals surface area contributed by atoms with Crippen molar-refractivity contribution in [2.75, 3.05) is 23.3 Å². The molecule has 1 fully saturated rings. The Labute approximate surface area is 141 Å². The molecule has 1 aromatic carbocycles. The Hall–Kier alpha value is -2.84. The summed E-state index contributed by atoms with van der Waals surface area (Å²) in [4.78, 5) is 16.0. The molecule has 1 aliphatic rings. The van der Waals surface area contributed by atoms with E-state index in [0.717, 1.165) is 18.7 Å². The van der Waals surface area contributed by atoms with Crippen molar-refractivity contribution in [1.82, 2.24) is 19.9 Å². The largest absolute Gasteiger partial charge is 0.451 e. The van der Waals surface area contributed by atoms with Crippen molar-refractivity contribution < 1.29 is 13.2 Å². The summed E-state index contributed by atoms with van der Waals surface area (Å²) in [6.45, 7) is 1.51. The van der Waals surface area contributed by atoms with Gasteiger partial charge in [-0.05, 0) is 18.6 Å². The number of aromatic amines is 1. The summed E-state index contributed by atoms with van der Waals surface area (Å²) in [6.07, 6.45) is -2.50. The quantitative estimate of drug-likeness (QED) is 0.761. The first-order valence-corrected chi connectivity index (χ1v) is 7.85. The van der Waals surface area contributed by atoms with E-state index < -0.39 is 12.0 Å². The number of rotatable bonds is 3. The molecule has 2 N–H and O–H groups in total. The van der Waals surface area contributed by atoms with Gasteiger partial charge in [-0.3, -0.25) is 0 Å². The third-order valence-electron chi connectivity index (χ3n) is 4.19. The fraction of sp³-hybridized carbons (Fsp3) is 0.312. The van der Waals surface area contributed by atoms with Crippen molar-refractivity contribution in [2.45, 2.75) is 18.6 Å². The predicted octanol–water partition coefficient (Wildman–Crippen LogP) is 3.06. The van der Waals surface area contributed by atoms with Crippen molar-refractivity contribution in [3.63, 3.8) is 0 Å². The lowest BCUT2D eigenvalue weighted by Crippen LogP contribution is -2.27. The number of hydrogen-bond acceptors (Lipinski definition) is 5. The van der Waals surface area contributed by atoms with Gasteiger partial charge in [0.1, 0.15) is 5.52 Å². The van der Waals surface area contributed by atoms with E-state index in [9.17, 15) is 13.2 Å². The number of nitrogens with one attached hydrogen (secondary N) is 2. The highest BCUT2D eigenvalue weighted by atomic mass is 19.4. The van der Waals surface area contributed by atoms with E-state index in [-0.39, 0.29) is 17.5 Å². The van der Waals surface area contributed by atoms with Crippen LogP contribution in [0.15, 0.2) is 36.7 Å². The summed E-state index contributed by atoms with van der Waals surface area (Å²) in [7, 11) is 0. The molecule has 0 radical (unpaired) electrons. The van der Waals surface area contributed by atoms with Crippen molar-refractivity contribution in [3.05, 3.63) is 42.5 Å². The minimum absolute atomic E-state index is 0.00253. The summed E-state index contributed by atoms with van der Waals surface area (Å²) in [5, 5.41) is 3.12. The first-order chi connectivity index (χ1) is 12.0. The maximum Gasteiger partial charge on any atom is 0.451 e. The monoisotopic (exact) mass is 348 g/mol. The van der Waals surface area contributed by atoms with Crippen molar-refractivity contribution in [3.8, 4) is 0 Å². The van der Waals surface area contributed by atoms with Gasteiger partial charge in [0.15, 0.2) is 11.5 Å². The standard InChI is InChI=1S/C16H15F3N6/c17-16(18,19)15-23-13-12(20-9-21-13)14(24-15)22-10-6-7-25(8-10)11-4-2-1-3-5-11/h1-5,9-10H,6-8H2,(H2,20,21,22,23,24). The molecule has 0 aliphatic carbocycles. The van der Waals surface area contributed by atoms with Crippen molar-refractivity contribution in [1.29, 1.82) is 0 Å². The molecular formula is C16H15F3N6. The number of aromatic nitrogens is 4. The van der Waals surface area contributed by atoms with Gasteiger partial charge in [0.25, 0.3) is 0 Å². The summed E-state index contributed by atoms with van der Waals surface area (Å²) >= 11 is 0. The highest BCUT2D eigenvalue weighted by Crippen LogP contribution is 2.30. The number of benzene rings is 1. The maximum absolute atomic E-state index is 13.0. The lowest BCUT2D eigenvalue weighted by molar-refractivity contribution is -0.144. The van der Waals surface area contributed by atoms with Gasteiger partial charge < -0.3 is 15.2 Å². The zero-order chi connectivity index (χ0) is 17.4. The highest BCUT2D eigenvalue weighted by molar-refractivity contribution is 5.82. The third-order valence-corrected chi connectivity index (χ3v) is 4.19. The number of anilines is 2. The molecule has 1 unspecified atom stereocenters. The van der Waals surface area contributed by atoms with Gasteiger partial charge in [-0.1, -0.05) is 18.2 Å². The normalized spacial score (nSPS) is 18.0. The highest BCUT2D eigenvalue weighted by Gasteiger charge is 2.36. The minimum atomic E-state index is -4.62. The Morgan fingerprint density at radius 3 is 2.72 bits per heavy atom. The first kappa shape index (κ1) is 15.7. The zero-order valence-electron chi connectivity index (χ0n) is 13.1. The summed E-state index contributed by atoms with van der Waals surface area (Å²) in [5.74, 6) is -1.05. The van der Waals surface area contributed by atoms with Gasteiger partial charge in [-0.25, -0.2) is 15.0 Å². The second-order valence-corrected chi connectivity index (χ2v) is 5.91. The van der Waals surface area contributed by atoms with E-state index in [0.29, 0.717) is 12.1 Å². The average molecular weight is 348 g/mol. The van der Waals surface area contributed by atoms with Gasteiger partial charge in [-0.2, -0.15) is 13.2 Å². The fourth-order valence-electron chi connectivity index (χ4n) is 3.01. The second kappa shape index (κ2) is 5.91. The van der Waals surface area contributed by atoms with E-state index in [1.165, 1.54) is 6.33 Å². The molecule has 0 saturated carbocycles. The van der Waals surface area contributed by atoms with Crippen LogP contribution in [0.25, 0.3) is 11.2 Å². The Bertz CT molecular complexity index is 876. The van der Waals surface area contributed by atoms with Crippen LogP contribution < -0.4 is 10.2 Å². The van der Waals surface area contributed by atoms with E-state index >= 15 is 0 Å². The van der Waals surface area contributed by atoms with Crippen LogP contribution in [0.1, 0.15) is 12.2 Å². The molecule has 130 valence electrons. The van der Waals surface area contributed by atoms with Crippen LogP contribution in [0.5, 0.6) is 0 Å². The van der Waals surface area contributed by atoms with Gasteiger partial charge in [0.05, 0.1) is 6.33 Å². The number of para-hydroxylation sites is 1. The van der Waals surface area contributed by atoms with Crippen LogP contribution in [-0.2, 0) is 6.18 Å². The molecule has 4 rings (SSSR count). The maximum atomic E-state index is 13.0. The summed E-state index contributed by atoms with van der Waals surface area (Å²) < 4.78 is 39.0. The van der Waals surface area contributed by atoms with Gasteiger partial charge >= 0.3 is 6.18 Å². The van der Waals surface area contributed by atoms with Crippen LogP contribution in [0.4, 0.5) is 24.7 Å². The smallest absolute Gasteiger partial charge is 0.369 e. The molecule has 9 heteroatoms. The number of H-pyrrole nitrogens is 1. The van der Waals surface area contributed by atoms with Crippen molar-refractivity contribution >= 4 is 22.7 Å². The van der Waals surface area contributed by atoms with E-state index in [2.05, 4.69) is 30.2 Å². The number of imidazole rings is 1. The Morgan fingerprint density at radius 1 is 1.16 bits per heavy atom. The van der Waals surface area contributed by atoms with Crippen LogP contribution in [0, 0.1) is 0 Å². The topological polar surface area (TPSA) is 69.7 Å². The molecule has 1 aliphatic heterocycles. The van der Waals surface area contributed by atoms with Crippen LogP contribution in [0.3, 0.4) is 0 Å². The number of nitrogens with zero attached hydrogens (tertiary/aromatic N) is 4. The molecular weight excluding hydrogens is 333 g/mol. The van der Waals surface area contributed by atoms with Crippen LogP contribution in [-0.4, -0.2) is 39.1 Å². The lowest BCUT2D eigenvalue weighted by atomic mass is 10.2. The van der Waals surface area contributed by atoms with Crippen LogP contribution in [0.2, 0.25) is 0 Å². The molecule has 3 aromatic rings. The molecule has 0 amide bonds. The van der Waals surface area contributed by atoms with Crippen LogP contribution >= 0.6 is 0 Å². The molecule has 0 bridgehead atoms. The molecule has 2 aromatic heterocycles. The molecule has 6 nitrogen and oxygen atoms in total. The molecule has 0 spiro atoms. The Morgan fingerprint density at radius 2 is 1.96 bits per heavy atom.